The topological polar surface area (TPSA) is 36.0 Å². The molecule has 2 heterocycles. The predicted octanol–water partition coefficient (Wildman–Crippen LogP) is 1.55. The molecule has 2 fully saturated rings. The van der Waals surface area contributed by atoms with Gasteiger partial charge in [-0.25, -0.2) is 0 Å². The lowest BCUT2D eigenvalue weighted by atomic mass is 10.0. The molecule has 1 aromatic rings. The van der Waals surface area contributed by atoms with E-state index in [0.717, 1.165) is 58.2 Å². The Labute approximate surface area is 145 Å². The average molecular weight is 331 g/mol. The van der Waals surface area contributed by atoms with Crippen molar-refractivity contribution in [3.63, 3.8) is 0 Å². The molecule has 0 bridgehead atoms. The van der Waals surface area contributed by atoms with E-state index >= 15 is 0 Å². The molecule has 132 valence electrons. The number of hydrogen-bond acceptors (Lipinski definition) is 4. The van der Waals surface area contributed by atoms with E-state index < -0.39 is 0 Å². The summed E-state index contributed by atoms with van der Waals surface area (Å²) in [4.78, 5) is 18.5. The highest BCUT2D eigenvalue weighted by atomic mass is 16.5. The van der Waals surface area contributed by atoms with Crippen molar-refractivity contribution in [1.82, 2.24) is 14.7 Å². The van der Waals surface area contributed by atoms with Crippen LogP contribution in [0.5, 0.6) is 5.75 Å². The molecular weight excluding hydrogens is 302 g/mol. The zero-order chi connectivity index (χ0) is 16.9. The summed E-state index contributed by atoms with van der Waals surface area (Å²) in [5.74, 6) is 1.82. The van der Waals surface area contributed by atoms with Gasteiger partial charge in [-0.1, -0.05) is 25.1 Å². The molecule has 5 nitrogen and oxygen atoms in total. The normalized spacial score (nSPS) is 25.8. The number of para-hydroxylation sites is 1. The smallest absolute Gasteiger partial charge is 0.219 e. The first-order valence-corrected chi connectivity index (χ1v) is 9.03. The van der Waals surface area contributed by atoms with Gasteiger partial charge in [0.15, 0.2) is 0 Å². The Kier molecular flexibility index (Phi) is 5.74. The third-order valence-electron chi connectivity index (χ3n) is 5.30. The maximum atomic E-state index is 11.5. The number of amides is 1. The molecule has 0 radical (unpaired) electrons. The highest BCUT2D eigenvalue weighted by Gasteiger charge is 2.35. The van der Waals surface area contributed by atoms with Gasteiger partial charge in [-0.05, 0) is 18.1 Å². The third kappa shape index (κ3) is 4.28. The van der Waals surface area contributed by atoms with Crippen LogP contribution in [0.1, 0.15) is 13.8 Å². The molecule has 0 N–H and O–H groups in total. The van der Waals surface area contributed by atoms with Gasteiger partial charge in [-0.15, -0.1) is 0 Å². The molecule has 2 atom stereocenters. The quantitative estimate of drug-likeness (QED) is 0.820. The van der Waals surface area contributed by atoms with Crippen LogP contribution in [0.15, 0.2) is 30.3 Å². The summed E-state index contributed by atoms with van der Waals surface area (Å²) < 4.78 is 5.82. The first-order chi connectivity index (χ1) is 11.6. The van der Waals surface area contributed by atoms with Crippen LogP contribution < -0.4 is 4.74 Å². The fraction of sp³-hybridized carbons (Fsp3) is 0.632. The Bertz CT molecular complexity index is 529. The highest BCUT2D eigenvalue weighted by Crippen LogP contribution is 2.23. The van der Waals surface area contributed by atoms with Gasteiger partial charge < -0.3 is 9.64 Å². The molecule has 0 unspecified atom stereocenters. The minimum absolute atomic E-state index is 0.203. The second-order valence-electron chi connectivity index (χ2n) is 7.01. The molecular formula is C19H29N3O2. The number of piperazine rings is 1. The summed E-state index contributed by atoms with van der Waals surface area (Å²) in [6.07, 6.45) is 0. The lowest BCUT2D eigenvalue weighted by Crippen LogP contribution is -2.53. The minimum atomic E-state index is 0.203. The highest BCUT2D eigenvalue weighted by molar-refractivity contribution is 5.73. The van der Waals surface area contributed by atoms with Crippen LogP contribution in [-0.4, -0.2) is 79.1 Å². The molecule has 5 heteroatoms. The fourth-order valence-corrected chi connectivity index (χ4v) is 3.88. The van der Waals surface area contributed by atoms with Gasteiger partial charge in [0.05, 0.1) is 0 Å². The van der Waals surface area contributed by atoms with E-state index in [2.05, 4.69) is 16.7 Å². The Hall–Kier alpha value is -1.59. The van der Waals surface area contributed by atoms with Gasteiger partial charge in [0.2, 0.25) is 5.91 Å². The summed E-state index contributed by atoms with van der Waals surface area (Å²) >= 11 is 0. The molecule has 0 aliphatic carbocycles. The summed E-state index contributed by atoms with van der Waals surface area (Å²) in [7, 11) is 0. The first-order valence-electron chi connectivity index (χ1n) is 9.03. The summed E-state index contributed by atoms with van der Waals surface area (Å²) in [6.45, 7) is 11.7. The van der Waals surface area contributed by atoms with Crippen molar-refractivity contribution < 1.29 is 9.53 Å². The van der Waals surface area contributed by atoms with Gasteiger partial charge in [0.1, 0.15) is 12.4 Å². The van der Waals surface area contributed by atoms with Crippen molar-refractivity contribution in [3.8, 4) is 5.75 Å². The van der Waals surface area contributed by atoms with E-state index in [1.165, 1.54) is 0 Å². The maximum Gasteiger partial charge on any atom is 0.219 e. The van der Waals surface area contributed by atoms with Crippen molar-refractivity contribution in [2.75, 3.05) is 52.4 Å². The summed E-state index contributed by atoms with van der Waals surface area (Å²) in [6, 6.07) is 10.6. The molecule has 2 saturated heterocycles. The number of hydrogen-bond donors (Lipinski definition) is 0. The van der Waals surface area contributed by atoms with Gasteiger partial charge in [-0.3, -0.25) is 14.6 Å². The summed E-state index contributed by atoms with van der Waals surface area (Å²) in [5.41, 5.74) is 0. The lowest BCUT2D eigenvalue weighted by molar-refractivity contribution is -0.130. The number of carbonyl (C=O) groups is 1. The fourth-order valence-electron chi connectivity index (χ4n) is 3.88. The largest absolute Gasteiger partial charge is 0.492 e. The molecule has 1 aromatic carbocycles. The van der Waals surface area contributed by atoms with E-state index in [4.69, 9.17) is 4.74 Å². The van der Waals surface area contributed by atoms with E-state index in [1.807, 2.05) is 35.2 Å². The van der Waals surface area contributed by atoms with Crippen molar-refractivity contribution >= 4 is 5.91 Å². The van der Waals surface area contributed by atoms with Crippen LogP contribution >= 0.6 is 0 Å². The molecule has 2 aliphatic rings. The van der Waals surface area contributed by atoms with Crippen LogP contribution in [0.25, 0.3) is 0 Å². The standard InChI is InChI=1S/C19H29N3O2/c1-16-14-20(12-13-24-18-6-4-3-5-7-18)15-19(16)22-10-8-21(9-11-22)17(2)23/h3-7,16,19H,8-15H2,1-2H3/t16-,19+/m0/s1. The zero-order valence-corrected chi connectivity index (χ0v) is 14.9. The Balaban J connectivity index is 1.42. The monoisotopic (exact) mass is 331 g/mol. The van der Waals surface area contributed by atoms with Crippen LogP contribution in [0.4, 0.5) is 0 Å². The van der Waals surface area contributed by atoms with Crippen molar-refractivity contribution in [3.05, 3.63) is 30.3 Å². The molecule has 0 aromatic heterocycles. The first kappa shape index (κ1) is 17.2. The van der Waals surface area contributed by atoms with Crippen LogP contribution in [0.3, 0.4) is 0 Å². The van der Waals surface area contributed by atoms with Crippen LogP contribution in [0, 0.1) is 5.92 Å². The number of carbonyl (C=O) groups excluding carboxylic acids is 1. The van der Waals surface area contributed by atoms with Gasteiger partial charge in [-0.2, -0.15) is 0 Å². The Morgan fingerprint density at radius 1 is 1.12 bits per heavy atom. The maximum absolute atomic E-state index is 11.5. The second-order valence-corrected chi connectivity index (χ2v) is 7.01. The summed E-state index contributed by atoms with van der Waals surface area (Å²) in [5, 5.41) is 0. The van der Waals surface area contributed by atoms with Crippen molar-refractivity contribution in [1.29, 1.82) is 0 Å². The van der Waals surface area contributed by atoms with Gasteiger partial charge >= 0.3 is 0 Å². The van der Waals surface area contributed by atoms with E-state index in [0.29, 0.717) is 12.0 Å². The lowest BCUT2D eigenvalue weighted by Gasteiger charge is -2.39. The second kappa shape index (κ2) is 7.99. The molecule has 24 heavy (non-hydrogen) atoms. The molecule has 2 aliphatic heterocycles. The third-order valence-corrected chi connectivity index (χ3v) is 5.30. The van der Waals surface area contributed by atoms with E-state index in [-0.39, 0.29) is 5.91 Å². The molecule has 0 spiro atoms. The SMILES string of the molecule is CC(=O)N1CCN([C@@H]2CN(CCOc3ccccc3)C[C@@H]2C)CC1. The predicted molar refractivity (Wildman–Crippen MR) is 95.2 cm³/mol. The van der Waals surface area contributed by atoms with E-state index in [9.17, 15) is 4.79 Å². The van der Waals surface area contributed by atoms with Gasteiger partial charge in [0.25, 0.3) is 0 Å². The number of likely N-dealkylation sites (tertiary alicyclic amines) is 1. The van der Waals surface area contributed by atoms with Crippen molar-refractivity contribution in [2.24, 2.45) is 5.92 Å². The Morgan fingerprint density at radius 3 is 2.50 bits per heavy atom. The van der Waals surface area contributed by atoms with E-state index in [1.54, 1.807) is 6.92 Å². The van der Waals surface area contributed by atoms with Crippen molar-refractivity contribution in [2.45, 2.75) is 19.9 Å². The zero-order valence-electron chi connectivity index (χ0n) is 14.9. The number of rotatable bonds is 5. The number of nitrogens with zero attached hydrogens (tertiary/aromatic N) is 3. The average Bonchev–Trinajstić information content (AvgIpc) is 2.96. The van der Waals surface area contributed by atoms with Crippen LogP contribution in [0.2, 0.25) is 0 Å². The molecule has 0 saturated carbocycles. The number of ether oxygens (including phenoxy) is 1. The van der Waals surface area contributed by atoms with Gasteiger partial charge in [0, 0.05) is 58.8 Å². The minimum Gasteiger partial charge on any atom is -0.492 e. The number of benzene rings is 1. The molecule has 1 amide bonds. The van der Waals surface area contributed by atoms with Crippen LogP contribution in [-0.2, 0) is 4.79 Å². The molecule has 3 rings (SSSR count). The Morgan fingerprint density at radius 2 is 1.83 bits per heavy atom.